The van der Waals surface area contributed by atoms with Crippen molar-refractivity contribution < 1.29 is 33.7 Å². The monoisotopic (exact) mass is 537 g/mol. The SMILES string of the molecule is CCOc1cc([C@H]2C(C(=O)OCCSCC)=C(C)NC3=C2C(=O)[C@H](C(=O)OC)[C@@H](C)C3)cc(Cl)c1O. The number of rotatable bonds is 9. The van der Waals surface area contributed by atoms with Gasteiger partial charge >= 0.3 is 11.9 Å². The normalized spacial score (nSPS) is 21.6. The first-order valence-corrected chi connectivity index (χ1v) is 13.4. The number of carbonyl (C=O) groups excluding carboxylic acids is 3. The summed E-state index contributed by atoms with van der Waals surface area (Å²) in [6.07, 6.45) is 0.411. The second kappa shape index (κ2) is 12.1. The molecule has 0 spiro atoms. The van der Waals surface area contributed by atoms with Gasteiger partial charge in [0.2, 0.25) is 0 Å². The van der Waals surface area contributed by atoms with Gasteiger partial charge in [-0.2, -0.15) is 11.8 Å². The number of ketones is 1. The molecule has 2 aliphatic rings. The van der Waals surface area contributed by atoms with Crippen LogP contribution in [0.5, 0.6) is 11.5 Å². The molecule has 1 aromatic carbocycles. The Morgan fingerprint density at radius 2 is 2.00 bits per heavy atom. The number of nitrogens with one attached hydrogen (secondary N) is 1. The Balaban J connectivity index is 2.17. The Bertz CT molecular complexity index is 1110. The lowest BCUT2D eigenvalue weighted by molar-refractivity contribution is -0.151. The molecule has 0 radical (unpaired) electrons. The number of thioether (sulfide) groups is 1. The fourth-order valence-electron chi connectivity index (χ4n) is 4.73. The zero-order valence-corrected chi connectivity index (χ0v) is 22.7. The van der Waals surface area contributed by atoms with E-state index in [0.29, 0.717) is 29.1 Å². The lowest BCUT2D eigenvalue weighted by Gasteiger charge is -2.38. The van der Waals surface area contributed by atoms with Gasteiger partial charge in [0.05, 0.1) is 24.3 Å². The highest BCUT2D eigenvalue weighted by Crippen LogP contribution is 2.48. The second-order valence-corrected chi connectivity index (χ2v) is 10.5. The van der Waals surface area contributed by atoms with Gasteiger partial charge in [-0.1, -0.05) is 25.4 Å². The van der Waals surface area contributed by atoms with Crippen LogP contribution in [0.3, 0.4) is 0 Å². The highest BCUT2D eigenvalue weighted by atomic mass is 35.5. The van der Waals surface area contributed by atoms with Crippen molar-refractivity contribution in [1.29, 1.82) is 0 Å². The predicted molar refractivity (Wildman–Crippen MR) is 138 cm³/mol. The van der Waals surface area contributed by atoms with Gasteiger partial charge in [-0.25, -0.2) is 4.79 Å². The van der Waals surface area contributed by atoms with Crippen molar-refractivity contribution in [2.45, 2.75) is 40.0 Å². The maximum absolute atomic E-state index is 13.8. The zero-order valence-electron chi connectivity index (χ0n) is 21.1. The summed E-state index contributed by atoms with van der Waals surface area (Å²) in [6.45, 7) is 7.84. The summed E-state index contributed by atoms with van der Waals surface area (Å²) in [5, 5.41) is 13.6. The summed E-state index contributed by atoms with van der Waals surface area (Å²) in [6, 6.07) is 3.07. The standard InChI is InChI=1S/C26H32ClNO7S/c1-6-34-18-12-15(11-16(27)23(18)29)21-20(26(32)35-8-9-36-7-2)14(4)28-17-10-13(3)19(25(31)33-5)24(30)22(17)21/h11-13,19,21,28-29H,6-10H2,1-5H3/t13-,19+,21-/m0/s1. The number of Topliss-reactive ketones (excluding diaryl/α,β-unsaturated/α-hetero) is 1. The van der Waals surface area contributed by atoms with E-state index in [1.807, 2.05) is 13.8 Å². The zero-order chi connectivity index (χ0) is 26.6. The molecule has 2 N–H and O–H groups in total. The predicted octanol–water partition coefficient (Wildman–Crippen LogP) is 4.35. The third-order valence-corrected chi connectivity index (χ3v) is 7.46. The van der Waals surface area contributed by atoms with Gasteiger partial charge in [-0.15, -0.1) is 0 Å². The van der Waals surface area contributed by atoms with Crippen LogP contribution in [0.15, 0.2) is 34.7 Å². The van der Waals surface area contributed by atoms with Crippen molar-refractivity contribution in [3.63, 3.8) is 0 Å². The van der Waals surface area contributed by atoms with Gasteiger partial charge in [0.25, 0.3) is 0 Å². The number of benzene rings is 1. The second-order valence-electron chi connectivity index (χ2n) is 8.65. The van der Waals surface area contributed by atoms with Crippen LogP contribution < -0.4 is 10.1 Å². The van der Waals surface area contributed by atoms with Gasteiger partial charge in [0, 0.05) is 28.6 Å². The van der Waals surface area contributed by atoms with E-state index < -0.39 is 29.6 Å². The molecule has 0 fully saturated rings. The fourth-order valence-corrected chi connectivity index (χ4v) is 5.43. The van der Waals surface area contributed by atoms with E-state index >= 15 is 0 Å². The Morgan fingerprint density at radius 3 is 2.64 bits per heavy atom. The summed E-state index contributed by atoms with van der Waals surface area (Å²) in [7, 11) is 1.25. The summed E-state index contributed by atoms with van der Waals surface area (Å²) in [5.74, 6) is -2.37. The smallest absolute Gasteiger partial charge is 0.336 e. The van der Waals surface area contributed by atoms with Gasteiger partial charge in [0.1, 0.15) is 12.5 Å². The van der Waals surface area contributed by atoms with Gasteiger partial charge in [-0.3, -0.25) is 9.59 Å². The van der Waals surface area contributed by atoms with Gasteiger partial charge < -0.3 is 24.6 Å². The summed E-state index contributed by atoms with van der Waals surface area (Å²) < 4.78 is 16.1. The maximum atomic E-state index is 13.8. The number of aromatic hydroxyl groups is 1. The number of allylic oxidation sites excluding steroid dienone is 3. The molecule has 0 saturated heterocycles. The minimum Gasteiger partial charge on any atom is -0.503 e. The lowest BCUT2D eigenvalue weighted by atomic mass is 9.69. The molecule has 0 bridgehead atoms. The number of esters is 2. The Hall–Kier alpha value is -2.65. The van der Waals surface area contributed by atoms with E-state index in [1.165, 1.54) is 13.2 Å². The minimum absolute atomic E-state index is 0.0162. The van der Waals surface area contributed by atoms with E-state index in [9.17, 15) is 19.5 Å². The number of methoxy groups -OCH3 is 1. The first-order chi connectivity index (χ1) is 17.2. The van der Waals surface area contributed by atoms with Crippen molar-refractivity contribution in [2.75, 3.05) is 31.8 Å². The fraction of sp³-hybridized carbons (Fsp3) is 0.500. The number of phenolic OH excluding ortho intramolecular Hbond substituents is 1. The molecular formula is C26H32ClNO7S. The molecule has 196 valence electrons. The van der Waals surface area contributed by atoms with Crippen LogP contribution in [0.2, 0.25) is 5.02 Å². The van der Waals surface area contributed by atoms with Crippen molar-refractivity contribution in [2.24, 2.45) is 11.8 Å². The molecule has 1 heterocycles. The van der Waals surface area contributed by atoms with Crippen molar-refractivity contribution >= 4 is 41.1 Å². The molecule has 1 aliphatic heterocycles. The quantitative estimate of drug-likeness (QED) is 0.269. The molecule has 3 atom stereocenters. The van der Waals surface area contributed by atoms with Crippen LogP contribution >= 0.6 is 23.4 Å². The molecule has 1 aromatic rings. The van der Waals surface area contributed by atoms with Gasteiger partial charge in [0.15, 0.2) is 17.3 Å². The number of ether oxygens (including phenoxy) is 3. The van der Waals surface area contributed by atoms with Crippen LogP contribution in [-0.2, 0) is 23.9 Å². The van der Waals surface area contributed by atoms with Crippen LogP contribution in [-0.4, -0.2) is 54.7 Å². The molecular weight excluding hydrogens is 506 g/mol. The average Bonchev–Trinajstić information content (AvgIpc) is 2.83. The van der Waals surface area contributed by atoms with E-state index in [1.54, 1.807) is 31.7 Å². The van der Waals surface area contributed by atoms with Crippen molar-refractivity contribution in [3.05, 3.63) is 45.3 Å². The first-order valence-electron chi connectivity index (χ1n) is 11.9. The molecule has 0 unspecified atom stereocenters. The maximum Gasteiger partial charge on any atom is 0.336 e. The largest absolute Gasteiger partial charge is 0.503 e. The molecule has 1 aliphatic carbocycles. The summed E-state index contributed by atoms with van der Waals surface area (Å²) in [5.41, 5.74) is 2.18. The Labute approximate surface area is 220 Å². The highest BCUT2D eigenvalue weighted by molar-refractivity contribution is 7.99. The number of dihydropyridines is 1. The number of carbonyl (C=O) groups is 3. The van der Waals surface area contributed by atoms with E-state index in [2.05, 4.69) is 5.32 Å². The Morgan fingerprint density at radius 1 is 1.28 bits per heavy atom. The number of halogens is 1. The number of hydrogen-bond acceptors (Lipinski definition) is 9. The minimum atomic E-state index is -1.01. The third-order valence-electron chi connectivity index (χ3n) is 6.31. The van der Waals surface area contributed by atoms with E-state index in [4.69, 9.17) is 25.8 Å². The number of hydrogen-bond donors (Lipinski definition) is 2. The number of phenols is 1. The molecule has 0 saturated carbocycles. The van der Waals surface area contributed by atoms with Crippen LogP contribution in [0.1, 0.15) is 45.6 Å². The first kappa shape index (κ1) is 27.9. The molecule has 36 heavy (non-hydrogen) atoms. The molecule has 0 aromatic heterocycles. The molecule has 0 amide bonds. The van der Waals surface area contributed by atoms with Gasteiger partial charge in [-0.05, 0) is 49.6 Å². The summed E-state index contributed by atoms with van der Waals surface area (Å²) in [4.78, 5) is 39.7. The average molecular weight is 538 g/mol. The molecule has 3 rings (SSSR count). The highest BCUT2D eigenvalue weighted by Gasteiger charge is 2.47. The molecule has 8 nitrogen and oxygen atoms in total. The lowest BCUT2D eigenvalue weighted by Crippen LogP contribution is -2.43. The Kier molecular flexibility index (Phi) is 9.35. The topological polar surface area (TPSA) is 111 Å². The van der Waals surface area contributed by atoms with Crippen LogP contribution in [0.4, 0.5) is 0 Å². The molecule has 10 heteroatoms. The summed E-state index contributed by atoms with van der Waals surface area (Å²) >= 11 is 7.98. The van der Waals surface area contributed by atoms with Crippen molar-refractivity contribution in [3.8, 4) is 11.5 Å². The van der Waals surface area contributed by atoms with Crippen molar-refractivity contribution in [1.82, 2.24) is 5.32 Å². The van der Waals surface area contributed by atoms with Crippen LogP contribution in [0, 0.1) is 11.8 Å². The third kappa shape index (κ3) is 5.52. The van der Waals surface area contributed by atoms with E-state index in [0.717, 1.165) is 5.75 Å². The van der Waals surface area contributed by atoms with Crippen LogP contribution in [0.25, 0.3) is 0 Å². The van der Waals surface area contributed by atoms with E-state index in [-0.39, 0.29) is 46.8 Å².